The van der Waals surface area contributed by atoms with Crippen molar-refractivity contribution in [2.75, 3.05) is 53.5 Å². The zero-order chi connectivity index (χ0) is 21.7. The van der Waals surface area contributed by atoms with Crippen LogP contribution in [-0.2, 0) is 30.9 Å². The molecule has 1 N–H and O–H groups in total. The van der Waals surface area contributed by atoms with Crippen LogP contribution in [0.3, 0.4) is 0 Å². The van der Waals surface area contributed by atoms with Gasteiger partial charge in [-0.25, -0.2) is 8.42 Å². The highest BCUT2D eigenvalue weighted by Gasteiger charge is 2.32. The highest BCUT2D eigenvalue weighted by atomic mass is 32.2. The SMILES string of the molecule is CN(C)C(=O)C1CCCN1CC(=O)NCc1ccc(S(=O)(=O)N2CCOCC2)cc1. The maximum atomic E-state index is 12.7. The third-order valence-electron chi connectivity index (χ3n) is 5.46. The van der Waals surface area contributed by atoms with Crippen molar-refractivity contribution in [2.45, 2.75) is 30.3 Å². The number of carbonyl (C=O) groups excluding carboxylic acids is 2. The van der Waals surface area contributed by atoms with Gasteiger partial charge in [0.05, 0.1) is 30.7 Å². The molecule has 2 aliphatic rings. The summed E-state index contributed by atoms with van der Waals surface area (Å²) >= 11 is 0. The van der Waals surface area contributed by atoms with Crippen LogP contribution >= 0.6 is 0 Å². The van der Waals surface area contributed by atoms with E-state index in [2.05, 4.69) is 5.32 Å². The van der Waals surface area contributed by atoms with Crippen LogP contribution in [0.5, 0.6) is 0 Å². The average molecular weight is 439 g/mol. The van der Waals surface area contributed by atoms with E-state index in [1.54, 1.807) is 43.3 Å². The van der Waals surface area contributed by atoms with E-state index in [1.165, 1.54) is 4.31 Å². The number of rotatable bonds is 7. The zero-order valence-electron chi connectivity index (χ0n) is 17.5. The van der Waals surface area contributed by atoms with Crippen LogP contribution < -0.4 is 5.32 Å². The molecule has 0 aliphatic carbocycles. The molecule has 1 atom stereocenters. The van der Waals surface area contributed by atoms with Crippen molar-refractivity contribution in [3.8, 4) is 0 Å². The standard InChI is InChI=1S/C20H30N4O5S/c1-22(2)20(26)18-4-3-9-23(18)15-19(25)21-14-16-5-7-17(8-6-16)30(27,28)24-10-12-29-13-11-24/h5-8,18H,3-4,9-15H2,1-2H3,(H,21,25). The summed E-state index contributed by atoms with van der Waals surface area (Å²) in [5.74, 6) is -0.129. The van der Waals surface area contributed by atoms with Crippen molar-refractivity contribution >= 4 is 21.8 Å². The maximum Gasteiger partial charge on any atom is 0.243 e. The molecule has 1 unspecified atom stereocenters. The topological polar surface area (TPSA) is 99.3 Å². The van der Waals surface area contributed by atoms with Crippen LogP contribution in [0.4, 0.5) is 0 Å². The number of nitrogens with one attached hydrogen (secondary N) is 1. The van der Waals surface area contributed by atoms with Crippen LogP contribution in [0.2, 0.25) is 0 Å². The highest BCUT2D eigenvalue weighted by molar-refractivity contribution is 7.89. The first-order chi connectivity index (χ1) is 14.3. The molecule has 2 fully saturated rings. The number of nitrogens with zero attached hydrogens (tertiary/aromatic N) is 3. The van der Waals surface area contributed by atoms with Crippen LogP contribution in [0.25, 0.3) is 0 Å². The normalized spacial score (nSPS) is 20.8. The molecule has 2 saturated heterocycles. The van der Waals surface area contributed by atoms with Gasteiger partial charge in [0.1, 0.15) is 0 Å². The molecule has 0 saturated carbocycles. The monoisotopic (exact) mass is 438 g/mol. The van der Waals surface area contributed by atoms with Gasteiger partial charge in [-0.2, -0.15) is 4.31 Å². The Labute approximate surface area is 178 Å². The smallest absolute Gasteiger partial charge is 0.243 e. The molecular weight excluding hydrogens is 408 g/mol. The molecule has 9 nitrogen and oxygen atoms in total. The zero-order valence-corrected chi connectivity index (χ0v) is 18.4. The van der Waals surface area contributed by atoms with E-state index < -0.39 is 10.0 Å². The predicted molar refractivity (Wildman–Crippen MR) is 111 cm³/mol. The Hall–Kier alpha value is -2.01. The number of likely N-dealkylation sites (N-methyl/N-ethyl adjacent to an activating group) is 1. The Morgan fingerprint density at radius 3 is 2.43 bits per heavy atom. The minimum Gasteiger partial charge on any atom is -0.379 e. The van der Waals surface area contributed by atoms with Gasteiger partial charge in [0, 0.05) is 33.7 Å². The fourth-order valence-electron chi connectivity index (χ4n) is 3.75. The number of benzene rings is 1. The lowest BCUT2D eigenvalue weighted by Gasteiger charge is -2.26. The van der Waals surface area contributed by atoms with E-state index in [0.717, 1.165) is 24.9 Å². The van der Waals surface area contributed by atoms with E-state index in [4.69, 9.17) is 4.74 Å². The van der Waals surface area contributed by atoms with Crippen molar-refractivity contribution in [1.82, 2.24) is 19.4 Å². The number of hydrogen-bond donors (Lipinski definition) is 1. The lowest BCUT2D eigenvalue weighted by molar-refractivity contribution is -0.134. The van der Waals surface area contributed by atoms with Gasteiger partial charge in [-0.05, 0) is 37.1 Å². The van der Waals surface area contributed by atoms with Gasteiger partial charge in [-0.3, -0.25) is 14.5 Å². The van der Waals surface area contributed by atoms with Crippen LogP contribution in [-0.4, -0.2) is 93.9 Å². The predicted octanol–water partition coefficient (Wildman–Crippen LogP) is -0.124. The summed E-state index contributed by atoms with van der Waals surface area (Å²) in [6.07, 6.45) is 1.67. The summed E-state index contributed by atoms with van der Waals surface area (Å²) in [6, 6.07) is 6.32. The van der Waals surface area contributed by atoms with Gasteiger partial charge >= 0.3 is 0 Å². The number of amides is 2. The number of ether oxygens (including phenoxy) is 1. The lowest BCUT2D eigenvalue weighted by atomic mass is 10.2. The molecule has 166 valence electrons. The molecular formula is C20H30N4O5S. The molecule has 30 heavy (non-hydrogen) atoms. The Morgan fingerprint density at radius 2 is 1.80 bits per heavy atom. The molecule has 0 bridgehead atoms. The number of carbonyl (C=O) groups is 2. The van der Waals surface area contributed by atoms with E-state index in [9.17, 15) is 18.0 Å². The summed E-state index contributed by atoms with van der Waals surface area (Å²) < 4.78 is 31.9. The maximum absolute atomic E-state index is 12.7. The minimum absolute atomic E-state index is 0.0253. The Kier molecular flexibility index (Phi) is 7.45. The number of likely N-dealkylation sites (tertiary alicyclic amines) is 1. The molecule has 0 radical (unpaired) electrons. The van der Waals surface area contributed by atoms with Crippen LogP contribution in [0.1, 0.15) is 18.4 Å². The second-order valence-electron chi connectivity index (χ2n) is 7.80. The van der Waals surface area contributed by atoms with Crippen LogP contribution in [0.15, 0.2) is 29.2 Å². The summed E-state index contributed by atoms with van der Waals surface area (Å²) in [4.78, 5) is 28.3. The quantitative estimate of drug-likeness (QED) is 0.637. The average Bonchev–Trinajstić information content (AvgIpc) is 3.20. The molecule has 2 aliphatic heterocycles. The van der Waals surface area contributed by atoms with Gasteiger partial charge in [-0.15, -0.1) is 0 Å². The fraction of sp³-hybridized carbons (Fsp3) is 0.600. The number of hydrogen-bond acceptors (Lipinski definition) is 6. The third kappa shape index (κ3) is 5.37. The first-order valence-electron chi connectivity index (χ1n) is 10.2. The van der Waals surface area contributed by atoms with Crippen molar-refractivity contribution in [1.29, 1.82) is 0 Å². The summed E-state index contributed by atoms with van der Waals surface area (Å²) in [6.45, 7) is 2.72. The molecule has 2 amide bonds. The fourth-order valence-corrected chi connectivity index (χ4v) is 5.16. The van der Waals surface area contributed by atoms with Crippen molar-refractivity contribution < 1.29 is 22.7 Å². The van der Waals surface area contributed by atoms with E-state index >= 15 is 0 Å². The summed E-state index contributed by atoms with van der Waals surface area (Å²) in [7, 11) is -0.0757. The van der Waals surface area contributed by atoms with Gasteiger partial charge in [0.2, 0.25) is 21.8 Å². The van der Waals surface area contributed by atoms with Crippen LogP contribution in [0, 0.1) is 0 Å². The molecule has 1 aromatic carbocycles. The number of sulfonamides is 1. The van der Waals surface area contributed by atoms with Gasteiger partial charge in [-0.1, -0.05) is 12.1 Å². The molecule has 2 heterocycles. The molecule has 10 heteroatoms. The molecule has 0 aromatic heterocycles. The lowest BCUT2D eigenvalue weighted by Crippen LogP contribution is -2.46. The summed E-state index contributed by atoms with van der Waals surface area (Å²) in [5.41, 5.74) is 0.812. The van der Waals surface area contributed by atoms with Gasteiger partial charge in [0.15, 0.2) is 0 Å². The molecule has 1 aromatic rings. The van der Waals surface area contributed by atoms with Gasteiger partial charge < -0.3 is 15.0 Å². The molecule has 0 spiro atoms. The van der Waals surface area contributed by atoms with E-state index in [0.29, 0.717) is 32.8 Å². The first-order valence-corrected chi connectivity index (χ1v) is 11.6. The largest absolute Gasteiger partial charge is 0.379 e. The second-order valence-corrected chi connectivity index (χ2v) is 9.74. The number of morpholine rings is 1. The highest BCUT2D eigenvalue weighted by Crippen LogP contribution is 2.19. The minimum atomic E-state index is -3.52. The summed E-state index contributed by atoms with van der Waals surface area (Å²) in [5, 5.41) is 2.85. The third-order valence-corrected chi connectivity index (χ3v) is 7.37. The molecule has 3 rings (SSSR count). The van der Waals surface area contributed by atoms with Crippen molar-refractivity contribution in [2.24, 2.45) is 0 Å². The first kappa shape index (κ1) is 22.7. The Morgan fingerprint density at radius 1 is 1.13 bits per heavy atom. The van der Waals surface area contributed by atoms with E-state index in [1.807, 2.05) is 4.90 Å². The van der Waals surface area contributed by atoms with Gasteiger partial charge in [0.25, 0.3) is 0 Å². The second kappa shape index (κ2) is 9.86. The van der Waals surface area contributed by atoms with Crippen molar-refractivity contribution in [3.05, 3.63) is 29.8 Å². The van der Waals surface area contributed by atoms with Crippen molar-refractivity contribution in [3.63, 3.8) is 0 Å². The Balaban J connectivity index is 1.52. The Bertz CT molecular complexity index is 850. The van der Waals surface area contributed by atoms with E-state index in [-0.39, 0.29) is 29.3 Å².